The highest BCUT2D eigenvalue weighted by atomic mass is 35.5. The Hall–Kier alpha value is -0.740. The predicted molar refractivity (Wildman–Crippen MR) is 63.2 cm³/mol. The minimum absolute atomic E-state index is 0.00304. The average molecular weight is 245 g/mol. The first-order valence-corrected chi connectivity index (χ1v) is 5.98. The molecule has 0 saturated carbocycles. The van der Waals surface area contributed by atoms with Gasteiger partial charge >= 0.3 is 0 Å². The molecule has 0 atom stereocenters. The second-order valence-electron chi connectivity index (χ2n) is 3.30. The largest absolute Gasteiger partial charge is 0.353 e. The molecule has 1 aromatic heterocycles. The second-order valence-corrected chi connectivity index (χ2v) is 4.67. The lowest BCUT2D eigenvalue weighted by atomic mass is 10.4. The van der Waals surface area contributed by atoms with E-state index in [4.69, 9.17) is 11.6 Å². The number of carbonyl (C=O) groups is 1. The normalized spacial score (nSPS) is 10.4. The number of rotatable bonds is 4. The van der Waals surface area contributed by atoms with Crippen molar-refractivity contribution in [1.82, 2.24) is 10.3 Å². The molecule has 0 spiro atoms. The van der Waals surface area contributed by atoms with Crippen molar-refractivity contribution in [3.8, 4) is 0 Å². The third-order valence-corrected chi connectivity index (χ3v) is 2.94. The summed E-state index contributed by atoms with van der Waals surface area (Å²) in [5, 5.41) is 4.08. The van der Waals surface area contributed by atoms with E-state index in [1.807, 2.05) is 13.8 Å². The van der Waals surface area contributed by atoms with Crippen LogP contribution in [0.5, 0.6) is 0 Å². The molecule has 1 N–H and O–H groups in total. The molecule has 3 nitrogen and oxygen atoms in total. The molecular weight excluding hydrogens is 232 g/mol. The molecule has 0 aliphatic rings. The van der Waals surface area contributed by atoms with Gasteiger partial charge in [-0.1, -0.05) is 23.4 Å². The van der Waals surface area contributed by atoms with Crippen LogP contribution in [0.25, 0.3) is 0 Å². The van der Waals surface area contributed by atoms with E-state index in [9.17, 15) is 4.79 Å². The Labute approximate surface area is 98.6 Å². The van der Waals surface area contributed by atoms with Crippen molar-refractivity contribution in [2.45, 2.75) is 24.9 Å². The first-order chi connectivity index (χ1) is 7.09. The third-order valence-electron chi connectivity index (χ3n) is 1.51. The molecule has 82 valence electrons. The Morgan fingerprint density at radius 3 is 3.00 bits per heavy atom. The highest BCUT2D eigenvalue weighted by Gasteiger charge is 2.06. The van der Waals surface area contributed by atoms with Gasteiger partial charge in [-0.3, -0.25) is 4.79 Å². The van der Waals surface area contributed by atoms with Gasteiger partial charge in [0, 0.05) is 12.2 Å². The van der Waals surface area contributed by atoms with Gasteiger partial charge in [0.2, 0.25) is 5.91 Å². The van der Waals surface area contributed by atoms with Crippen molar-refractivity contribution < 1.29 is 4.79 Å². The zero-order valence-corrected chi connectivity index (χ0v) is 10.2. The zero-order chi connectivity index (χ0) is 11.3. The minimum atomic E-state index is -0.00304. The van der Waals surface area contributed by atoms with Gasteiger partial charge in [-0.2, -0.15) is 0 Å². The molecule has 0 aliphatic carbocycles. The Morgan fingerprint density at radius 2 is 2.40 bits per heavy atom. The van der Waals surface area contributed by atoms with E-state index in [0.29, 0.717) is 15.8 Å². The minimum Gasteiger partial charge on any atom is -0.353 e. The molecule has 0 unspecified atom stereocenters. The molecular formula is C10H13ClN2OS. The van der Waals surface area contributed by atoms with Crippen LogP contribution in [0, 0.1) is 0 Å². The summed E-state index contributed by atoms with van der Waals surface area (Å²) in [6, 6.07) is 3.69. The molecule has 0 bridgehead atoms. The number of nitrogens with zero attached hydrogens (tertiary/aromatic N) is 1. The van der Waals surface area contributed by atoms with E-state index in [1.54, 1.807) is 18.3 Å². The molecule has 1 amide bonds. The Balaban J connectivity index is 2.44. The van der Waals surface area contributed by atoms with Gasteiger partial charge in [0.15, 0.2) is 0 Å². The van der Waals surface area contributed by atoms with Gasteiger partial charge in [-0.25, -0.2) is 4.98 Å². The summed E-state index contributed by atoms with van der Waals surface area (Å²) < 4.78 is 0. The number of carbonyl (C=O) groups excluding carboxylic acids is 1. The van der Waals surface area contributed by atoms with Gasteiger partial charge in [0.25, 0.3) is 0 Å². The number of hydrogen-bond donors (Lipinski definition) is 1. The number of hydrogen-bond acceptors (Lipinski definition) is 3. The Bertz CT molecular complexity index is 344. The van der Waals surface area contributed by atoms with E-state index in [-0.39, 0.29) is 11.9 Å². The predicted octanol–water partition coefficient (Wildman–Crippen LogP) is 2.35. The summed E-state index contributed by atoms with van der Waals surface area (Å²) in [4.78, 5) is 15.4. The summed E-state index contributed by atoms with van der Waals surface area (Å²) >= 11 is 7.24. The van der Waals surface area contributed by atoms with Gasteiger partial charge in [-0.15, -0.1) is 0 Å². The molecule has 0 aliphatic heterocycles. The van der Waals surface area contributed by atoms with Crippen molar-refractivity contribution in [1.29, 1.82) is 0 Å². The highest BCUT2D eigenvalue weighted by Crippen LogP contribution is 2.23. The van der Waals surface area contributed by atoms with E-state index in [0.717, 1.165) is 0 Å². The maximum absolute atomic E-state index is 11.3. The fraction of sp³-hybridized carbons (Fsp3) is 0.400. The molecule has 0 fully saturated rings. The maximum Gasteiger partial charge on any atom is 0.230 e. The molecule has 0 radical (unpaired) electrons. The smallest absolute Gasteiger partial charge is 0.230 e. The van der Waals surface area contributed by atoms with E-state index in [2.05, 4.69) is 10.3 Å². The van der Waals surface area contributed by atoms with Crippen LogP contribution in [-0.4, -0.2) is 22.7 Å². The second kappa shape index (κ2) is 5.98. The first-order valence-electron chi connectivity index (χ1n) is 4.62. The van der Waals surface area contributed by atoms with Gasteiger partial charge < -0.3 is 5.32 Å². The first kappa shape index (κ1) is 12.3. The zero-order valence-electron chi connectivity index (χ0n) is 8.66. The summed E-state index contributed by atoms with van der Waals surface area (Å²) in [6.07, 6.45) is 1.66. The molecule has 15 heavy (non-hydrogen) atoms. The Kier molecular flexibility index (Phi) is 4.91. The van der Waals surface area contributed by atoms with Crippen LogP contribution in [0.1, 0.15) is 13.8 Å². The average Bonchev–Trinajstić information content (AvgIpc) is 2.15. The lowest BCUT2D eigenvalue weighted by Crippen LogP contribution is -2.31. The SMILES string of the molecule is CC(C)NC(=O)CSc1ncccc1Cl. The van der Waals surface area contributed by atoms with Crippen LogP contribution in [0.15, 0.2) is 23.4 Å². The molecule has 0 aromatic carbocycles. The number of halogens is 1. The molecule has 5 heteroatoms. The van der Waals surface area contributed by atoms with Crippen molar-refractivity contribution in [3.05, 3.63) is 23.4 Å². The topological polar surface area (TPSA) is 42.0 Å². The summed E-state index contributed by atoms with van der Waals surface area (Å²) in [7, 11) is 0. The van der Waals surface area contributed by atoms with Crippen molar-refractivity contribution in [3.63, 3.8) is 0 Å². The summed E-state index contributed by atoms with van der Waals surface area (Å²) in [6.45, 7) is 3.85. The van der Waals surface area contributed by atoms with Crippen LogP contribution in [0.2, 0.25) is 5.02 Å². The van der Waals surface area contributed by atoms with E-state index >= 15 is 0 Å². The monoisotopic (exact) mass is 244 g/mol. The number of amides is 1. The summed E-state index contributed by atoms with van der Waals surface area (Å²) in [5.74, 6) is 0.339. The van der Waals surface area contributed by atoms with Crippen LogP contribution in [-0.2, 0) is 4.79 Å². The van der Waals surface area contributed by atoms with Gasteiger partial charge in [-0.05, 0) is 26.0 Å². The van der Waals surface area contributed by atoms with Crippen molar-refractivity contribution >= 4 is 29.3 Å². The molecule has 1 heterocycles. The number of nitrogens with one attached hydrogen (secondary N) is 1. The lowest BCUT2D eigenvalue weighted by Gasteiger charge is -2.07. The lowest BCUT2D eigenvalue weighted by molar-refractivity contribution is -0.119. The van der Waals surface area contributed by atoms with Crippen molar-refractivity contribution in [2.24, 2.45) is 0 Å². The quantitative estimate of drug-likeness (QED) is 0.827. The van der Waals surface area contributed by atoms with Crippen molar-refractivity contribution in [2.75, 3.05) is 5.75 Å². The van der Waals surface area contributed by atoms with Crippen LogP contribution < -0.4 is 5.32 Å². The van der Waals surface area contributed by atoms with Gasteiger partial charge in [0.05, 0.1) is 10.8 Å². The number of thioether (sulfide) groups is 1. The standard InChI is InChI=1S/C10H13ClN2OS/c1-7(2)13-9(14)6-15-10-8(11)4-3-5-12-10/h3-5,7H,6H2,1-2H3,(H,13,14). The Morgan fingerprint density at radius 1 is 1.67 bits per heavy atom. The number of pyridine rings is 1. The molecule has 1 rings (SSSR count). The maximum atomic E-state index is 11.3. The van der Waals surface area contributed by atoms with E-state index < -0.39 is 0 Å². The fourth-order valence-electron chi connectivity index (χ4n) is 0.975. The van der Waals surface area contributed by atoms with Crippen LogP contribution >= 0.6 is 23.4 Å². The fourth-order valence-corrected chi connectivity index (χ4v) is 1.95. The van der Waals surface area contributed by atoms with E-state index in [1.165, 1.54) is 11.8 Å². The highest BCUT2D eigenvalue weighted by molar-refractivity contribution is 8.00. The third kappa shape index (κ3) is 4.53. The van der Waals surface area contributed by atoms with Crippen LogP contribution in [0.4, 0.5) is 0 Å². The number of aromatic nitrogens is 1. The summed E-state index contributed by atoms with van der Waals surface area (Å²) in [5.41, 5.74) is 0. The van der Waals surface area contributed by atoms with Gasteiger partial charge in [0.1, 0.15) is 5.03 Å². The molecule has 1 aromatic rings. The molecule has 0 saturated heterocycles. The van der Waals surface area contributed by atoms with Crippen LogP contribution in [0.3, 0.4) is 0 Å².